The lowest BCUT2D eigenvalue weighted by atomic mass is 10.2. The Morgan fingerprint density at radius 1 is 1.15 bits per heavy atom. The van der Waals surface area contributed by atoms with Crippen molar-refractivity contribution in [3.05, 3.63) is 48.0 Å². The number of hydrogen-bond acceptors (Lipinski definition) is 9. The third-order valence-electron chi connectivity index (χ3n) is 4.99. The third-order valence-corrected chi connectivity index (χ3v) is 7.36. The van der Waals surface area contributed by atoms with E-state index in [1.165, 1.54) is 28.6 Å². The Morgan fingerprint density at radius 3 is 2.64 bits per heavy atom. The van der Waals surface area contributed by atoms with Crippen molar-refractivity contribution in [3.8, 4) is 0 Å². The number of aromatic nitrogens is 2. The Balaban J connectivity index is 1.41. The highest BCUT2D eigenvalue weighted by Crippen LogP contribution is 2.23. The minimum absolute atomic E-state index is 0.0228. The van der Waals surface area contributed by atoms with Crippen LogP contribution in [0.3, 0.4) is 0 Å². The van der Waals surface area contributed by atoms with Crippen LogP contribution in [0, 0.1) is 0 Å². The van der Waals surface area contributed by atoms with Crippen molar-refractivity contribution in [2.24, 2.45) is 0 Å². The summed E-state index contributed by atoms with van der Waals surface area (Å²) < 4.78 is 46.4. The molecule has 0 bridgehead atoms. The van der Waals surface area contributed by atoms with Gasteiger partial charge in [-0.05, 0) is 44.2 Å². The van der Waals surface area contributed by atoms with Gasteiger partial charge in [-0.3, -0.25) is 4.79 Å². The summed E-state index contributed by atoms with van der Waals surface area (Å²) in [6.45, 7) is 3.53. The molecule has 2 heterocycles. The Morgan fingerprint density at radius 2 is 1.88 bits per heavy atom. The minimum Gasteiger partial charge on any atom is -0.452 e. The topological polar surface area (TPSA) is 128 Å². The van der Waals surface area contributed by atoms with Crippen LogP contribution in [-0.4, -0.2) is 65.3 Å². The number of morpholine rings is 1. The number of rotatable bonds is 6. The molecule has 1 fully saturated rings. The van der Waals surface area contributed by atoms with Crippen LogP contribution < -0.4 is 5.32 Å². The molecule has 0 saturated carbocycles. The highest BCUT2D eigenvalue weighted by atomic mass is 32.2. The predicted octanol–water partition coefficient (Wildman–Crippen LogP) is 2.28. The molecule has 1 amide bonds. The molecule has 2 unspecified atom stereocenters. The van der Waals surface area contributed by atoms with E-state index >= 15 is 0 Å². The molecule has 12 heteroatoms. The standard InChI is InChI=1S/C21H22N4O6S2/c1-13-10-25(11-14(2)31-13)33(28,29)16-6-3-5-15(9-16)21(27)30-12-19(26)22-17-7-4-8-18-20(17)24-32-23-18/h3-9,13-14H,10-12H2,1-2H3,(H,22,26). The van der Waals surface area contributed by atoms with Crippen molar-refractivity contribution in [2.45, 2.75) is 31.0 Å². The van der Waals surface area contributed by atoms with Crippen molar-refractivity contribution in [1.82, 2.24) is 13.1 Å². The van der Waals surface area contributed by atoms with E-state index in [2.05, 4.69) is 14.1 Å². The summed E-state index contributed by atoms with van der Waals surface area (Å²) >= 11 is 1.03. The van der Waals surface area contributed by atoms with Gasteiger partial charge in [0.2, 0.25) is 10.0 Å². The second kappa shape index (κ2) is 9.51. The van der Waals surface area contributed by atoms with Crippen molar-refractivity contribution < 1.29 is 27.5 Å². The zero-order valence-electron chi connectivity index (χ0n) is 17.9. The molecule has 1 saturated heterocycles. The summed E-state index contributed by atoms with van der Waals surface area (Å²) in [6.07, 6.45) is -0.470. The number of amides is 1. The zero-order chi connectivity index (χ0) is 23.6. The van der Waals surface area contributed by atoms with Gasteiger partial charge in [0.1, 0.15) is 11.0 Å². The average molecular weight is 491 g/mol. The van der Waals surface area contributed by atoms with Crippen molar-refractivity contribution in [3.63, 3.8) is 0 Å². The van der Waals surface area contributed by atoms with E-state index in [1.807, 2.05) is 13.8 Å². The molecule has 1 N–H and O–H groups in total. The number of carbonyl (C=O) groups excluding carboxylic acids is 2. The Bertz CT molecular complexity index is 1280. The molecule has 4 rings (SSSR count). The van der Waals surface area contributed by atoms with Gasteiger partial charge in [0, 0.05) is 13.1 Å². The third kappa shape index (κ3) is 5.19. The first kappa shape index (κ1) is 23.2. The van der Waals surface area contributed by atoms with Crippen LogP contribution in [0.4, 0.5) is 5.69 Å². The van der Waals surface area contributed by atoms with E-state index < -0.39 is 28.5 Å². The summed E-state index contributed by atoms with van der Waals surface area (Å²) in [7, 11) is -3.82. The smallest absolute Gasteiger partial charge is 0.338 e. The second-order valence-corrected chi connectivity index (χ2v) is 10.1. The summed E-state index contributed by atoms with van der Waals surface area (Å²) in [5.74, 6) is -1.36. The predicted molar refractivity (Wildman–Crippen MR) is 122 cm³/mol. The molecule has 0 radical (unpaired) electrons. The van der Waals surface area contributed by atoms with Gasteiger partial charge < -0.3 is 14.8 Å². The van der Waals surface area contributed by atoms with E-state index in [-0.39, 0.29) is 35.8 Å². The minimum atomic E-state index is -3.82. The number of ether oxygens (including phenoxy) is 2. The van der Waals surface area contributed by atoms with Gasteiger partial charge >= 0.3 is 5.97 Å². The lowest BCUT2D eigenvalue weighted by molar-refractivity contribution is -0.119. The van der Waals surface area contributed by atoms with Gasteiger partial charge in [0.25, 0.3) is 5.91 Å². The van der Waals surface area contributed by atoms with Crippen LogP contribution in [0.1, 0.15) is 24.2 Å². The van der Waals surface area contributed by atoms with Gasteiger partial charge in [-0.2, -0.15) is 13.1 Å². The monoisotopic (exact) mass is 490 g/mol. The van der Waals surface area contributed by atoms with Crippen LogP contribution in [-0.2, 0) is 24.3 Å². The molecule has 33 heavy (non-hydrogen) atoms. The van der Waals surface area contributed by atoms with E-state index in [4.69, 9.17) is 9.47 Å². The van der Waals surface area contributed by atoms with Crippen molar-refractivity contribution in [1.29, 1.82) is 0 Å². The van der Waals surface area contributed by atoms with Gasteiger partial charge in [-0.1, -0.05) is 12.1 Å². The number of hydrogen-bond donors (Lipinski definition) is 1. The molecule has 3 aromatic rings. The highest BCUT2D eigenvalue weighted by Gasteiger charge is 2.32. The van der Waals surface area contributed by atoms with E-state index in [0.717, 1.165) is 11.7 Å². The number of nitrogens with one attached hydrogen (secondary N) is 1. The SMILES string of the molecule is CC1CN(S(=O)(=O)c2cccc(C(=O)OCC(=O)Nc3cccc4nsnc34)c2)CC(C)O1. The molecular weight excluding hydrogens is 468 g/mol. The van der Waals surface area contributed by atoms with Gasteiger partial charge in [0.15, 0.2) is 6.61 Å². The lowest BCUT2D eigenvalue weighted by Crippen LogP contribution is -2.48. The molecule has 174 valence electrons. The molecule has 1 aliphatic rings. The van der Waals surface area contributed by atoms with Gasteiger partial charge in [-0.15, -0.1) is 0 Å². The van der Waals surface area contributed by atoms with E-state index in [9.17, 15) is 18.0 Å². The summed E-state index contributed by atoms with van der Waals surface area (Å²) in [6, 6.07) is 10.7. The molecule has 10 nitrogen and oxygen atoms in total. The molecule has 0 aliphatic carbocycles. The molecule has 1 aromatic heterocycles. The number of carbonyl (C=O) groups is 2. The van der Waals surface area contributed by atoms with Gasteiger partial charge in [0.05, 0.1) is 40.1 Å². The maximum absolute atomic E-state index is 13.1. The average Bonchev–Trinajstić information content (AvgIpc) is 3.27. The van der Waals surface area contributed by atoms with Crippen molar-refractivity contribution in [2.75, 3.05) is 25.0 Å². The largest absolute Gasteiger partial charge is 0.452 e. The quantitative estimate of drug-likeness (QED) is 0.521. The number of sulfonamides is 1. The number of esters is 1. The van der Waals surface area contributed by atoms with E-state index in [1.54, 1.807) is 18.2 Å². The number of nitrogens with zero attached hydrogens (tertiary/aromatic N) is 3. The molecule has 0 spiro atoms. The fourth-order valence-electron chi connectivity index (χ4n) is 3.57. The Kier molecular flexibility index (Phi) is 6.70. The molecule has 2 aromatic carbocycles. The summed E-state index contributed by atoms with van der Waals surface area (Å²) in [5.41, 5.74) is 1.69. The normalized spacial score (nSPS) is 19.3. The Hall–Kier alpha value is -2.93. The maximum atomic E-state index is 13.1. The first-order valence-corrected chi connectivity index (χ1v) is 12.3. The van der Waals surface area contributed by atoms with Gasteiger partial charge in [-0.25, -0.2) is 13.2 Å². The number of benzene rings is 2. The maximum Gasteiger partial charge on any atom is 0.338 e. The lowest BCUT2D eigenvalue weighted by Gasteiger charge is -2.34. The number of anilines is 1. The second-order valence-electron chi connectivity index (χ2n) is 7.67. The fraction of sp³-hybridized carbons (Fsp3) is 0.333. The molecule has 2 atom stereocenters. The number of fused-ring (bicyclic) bond motifs is 1. The van der Waals surface area contributed by atoms with Crippen LogP contribution in [0.25, 0.3) is 11.0 Å². The molecular formula is C21H22N4O6S2. The fourth-order valence-corrected chi connectivity index (χ4v) is 5.75. The summed E-state index contributed by atoms with van der Waals surface area (Å²) in [4.78, 5) is 24.7. The first-order valence-electron chi connectivity index (χ1n) is 10.2. The van der Waals surface area contributed by atoms with E-state index in [0.29, 0.717) is 16.7 Å². The van der Waals surface area contributed by atoms with Crippen LogP contribution >= 0.6 is 11.7 Å². The van der Waals surface area contributed by atoms with Crippen molar-refractivity contribution >= 4 is 50.3 Å². The van der Waals surface area contributed by atoms with Crippen LogP contribution in [0.5, 0.6) is 0 Å². The van der Waals surface area contributed by atoms with Crippen LogP contribution in [0.2, 0.25) is 0 Å². The van der Waals surface area contributed by atoms with Crippen LogP contribution in [0.15, 0.2) is 47.4 Å². The molecule has 1 aliphatic heterocycles. The zero-order valence-corrected chi connectivity index (χ0v) is 19.6. The Labute approximate surface area is 194 Å². The summed E-state index contributed by atoms with van der Waals surface area (Å²) in [5, 5.41) is 2.64. The first-order chi connectivity index (χ1) is 15.7. The highest BCUT2D eigenvalue weighted by molar-refractivity contribution is 7.89.